The Morgan fingerprint density at radius 3 is 2.83 bits per heavy atom. The van der Waals surface area contributed by atoms with Crippen molar-refractivity contribution in [2.45, 2.75) is 12.8 Å². The Hall–Kier alpha value is -2.10. The van der Waals surface area contributed by atoms with Crippen molar-refractivity contribution in [2.75, 3.05) is 0 Å². The summed E-state index contributed by atoms with van der Waals surface area (Å²) >= 11 is 1.58. The highest BCUT2D eigenvalue weighted by molar-refractivity contribution is 7.07. The molecule has 0 aliphatic carbocycles. The maximum absolute atomic E-state index is 11.9. The number of benzene rings is 1. The number of nitrogens with zero attached hydrogens (tertiary/aromatic N) is 3. The molecule has 2 rings (SSSR count). The molecular weight excluding hydrogens is 246 g/mol. The summed E-state index contributed by atoms with van der Waals surface area (Å²) < 4.78 is 0. The summed E-state index contributed by atoms with van der Waals surface area (Å²) in [4.78, 5) is 14.7. The van der Waals surface area contributed by atoms with Gasteiger partial charge in [0, 0.05) is 23.4 Å². The van der Waals surface area contributed by atoms with Gasteiger partial charge in [0.15, 0.2) is 0 Å². The van der Waals surface area contributed by atoms with Gasteiger partial charge in [-0.3, -0.25) is 4.79 Å². The highest BCUT2D eigenvalue weighted by Gasteiger charge is 2.08. The second-order valence-corrected chi connectivity index (χ2v) is 4.62. The quantitative estimate of drug-likeness (QED) is 0.452. The normalized spacial score (nSPS) is 9.78. The summed E-state index contributed by atoms with van der Waals surface area (Å²) in [6.45, 7) is 0. The molecule has 1 aromatic heterocycles. The van der Waals surface area contributed by atoms with E-state index >= 15 is 0 Å². The van der Waals surface area contributed by atoms with E-state index in [0.717, 1.165) is 11.1 Å². The molecule has 0 N–H and O–H groups in total. The van der Waals surface area contributed by atoms with Crippen LogP contribution in [0.4, 0.5) is 5.69 Å². The van der Waals surface area contributed by atoms with Gasteiger partial charge in [0.1, 0.15) is 5.78 Å². The van der Waals surface area contributed by atoms with E-state index in [1.54, 1.807) is 23.5 Å². The average Bonchev–Trinajstić information content (AvgIpc) is 2.84. The molecule has 4 nitrogen and oxygen atoms in total. The van der Waals surface area contributed by atoms with E-state index in [2.05, 4.69) is 10.0 Å². The SMILES string of the molecule is [N-]=[N+]=Nc1ccccc1CC(=O)Cc1ccsc1. The molecule has 0 spiro atoms. The first-order valence-corrected chi connectivity index (χ1v) is 6.39. The number of rotatable bonds is 5. The predicted octanol–water partition coefficient (Wildman–Crippen LogP) is 4.04. The van der Waals surface area contributed by atoms with Crippen LogP contribution in [0.2, 0.25) is 0 Å². The van der Waals surface area contributed by atoms with E-state index in [-0.39, 0.29) is 5.78 Å². The van der Waals surface area contributed by atoms with Gasteiger partial charge in [-0.1, -0.05) is 29.4 Å². The standard InChI is InChI=1S/C13H11N3OS/c14-16-15-13-4-2-1-3-11(13)8-12(17)7-10-5-6-18-9-10/h1-6,9H,7-8H2. The van der Waals surface area contributed by atoms with Crippen LogP contribution in [0.25, 0.3) is 10.4 Å². The fourth-order valence-corrected chi connectivity index (χ4v) is 2.37. The molecular formula is C13H11N3OS. The van der Waals surface area contributed by atoms with Crippen molar-refractivity contribution in [1.82, 2.24) is 0 Å². The minimum atomic E-state index is 0.119. The Morgan fingerprint density at radius 2 is 2.11 bits per heavy atom. The van der Waals surface area contributed by atoms with Crippen LogP contribution in [0.15, 0.2) is 46.2 Å². The lowest BCUT2D eigenvalue weighted by atomic mass is 10.0. The maximum atomic E-state index is 11.9. The molecule has 0 saturated heterocycles. The molecule has 1 aromatic carbocycles. The molecule has 0 bridgehead atoms. The number of thiophene rings is 1. The van der Waals surface area contributed by atoms with Crippen LogP contribution in [0.1, 0.15) is 11.1 Å². The van der Waals surface area contributed by atoms with Crippen LogP contribution in [0.3, 0.4) is 0 Å². The van der Waals surface area contributed by atoms with Crippen LogP contribution < -0.4 is 0 Å². The smallest absolute Gasteiger partial charge is 0.141 e. The molecule has 0 aliphatic heterocycles. The maximum Gasteiger partial charge on any atom is 0.141 e. The molecule has 1 heterocycles. The van der Waals surface area contributed by atoms with Crippen molar-refractivity contribution in [3.63, 3.8) is 0 Å². The second kappa shape index (κ2) is 6.00. The number of Topliss-reactive ketones (excluding diaryl/α,β-unsaturated/α-hetero) is 1. The van der Waals surface area contributed by atoms with E-state index < -0.39 is 0 Å². The van der Waals surface area contributed by atoms with Crippen LogP contribution >= 0.6 is 11.3 Å². The van der Waals surface area contributed by atoms with Gasteiger partial charge >= 0.3 is 0 Å². The zero-order chi connectivity index (χ0) is 12.8. The summed E-state index contributed by atoms with van der Waals surface area (Å²) in [6, 6.07) is 9.10. The fraction of sp³-hybridized carbons (Fsp3) is 0.154. The first-order chi connectivity index (χ1) is 8.79. The summed E-state index contributed by atoms with van der Waals surface area (Å²) in [5.41, 5.74) is 10.8. The number of carbonyl (C=O) groups is 1. The van der Waals surface area contributed by atoms with Crippen LogP contribution in [0, 0.1) is 0 Å². The van der Waals surface area contributed by atoms with Crippen molar-refractivity contribution in [1.29, 1.82) is 0 Å². The third kappa shape index (κ3) is 3.20. The number of hydrogen-bond acceptors (Lipinski definition) is 3. The Labute approximate surface area is 109 Å². The lowest BCUT2D eigenvalue weighted by Gasteiger charge is -2.03. The zero-order valence-electron chi connectivity index (χ0n) is 9.61. The van der Waals surface area contributed by atoms with Gasteiger partial charge in [-0.05, 0) is 33.5 Å². The van der Waals surface area contributed by atoms with Crippen molar-refractivity contribution < 1.29 is 4.79 Å². The largest absolute Gasteiger partial charge is 0.299 e. The van der Waals surface area contributed by atoms with Gasteiger partial charge in [-0.15, -0.1) is 0 Å². The van der Waals surface area contributed by atoms with Crippen molar-refractivity contribution in [3.8, 4) is 0 Å². The summed E-state index contributed by atoms with van der Waals surface area (Å²) in [5.74, 6) is 0.119. The summed E-state index contributed by atoms with van der Waals surface area (Å²) in [7, 11) is 0. The molecule has 0 saturated carbocycles. The molecule has 0 aliphatic rings. The highest BCUT2D eigenvalue weighted by atomic mass is 32.1. The molecule has 0 radical (unpaired) electrons. The summed E-state index contributed by atoms with van der Waals surface area (Å²) in [6.07, 6.45) is 0.721. The van der Waals surface area contributed by atoms with Gasteiger partial charge < -0.3 is 0 Å². The lowest BCUT2D eigenvalue weighted by molar-refractivity contribution is -0.117. The fourth-order valence-electron chi connectivity index (χ4n) is 1.70. The van der Waals surface area contributed by atoms with Gasteiger partial charge in [-0.2, -0.15) is 11.3 Å². The predicted molar refractivity (Wildman–Crippen MR) is 72.0 cm³/mol. The number of ketones is 1. The Bertz CT molecular complexity index is 586. The molecule has 0 atom stereocenters. The van der Waals surface area contributed by atoms with Crippen LogP contribution in [-0.4, -0.2) is 5.78 Å². The monoisotopic (exact) mass is 257 g/mol. The van der Waals surface area contributed by atoms with Gasteiger partial charge in [0.05, 0.1) is 0 Å². The first-order valence-electron chi connectivity index (χ1n) is 5.45. The Morgan fingerprint density at radius 1 is 1.28 bits per heavy atom. The molecule has 2 aromatic rings. The molecule has 0 amide bonds. The molecule has 5 heteroatoms. The van der Waals surface area contributed by atoms with Gasteiger partial charge in [0.2, 0.25) is 0 Å². The highest BCUT2D eigenvalue weighted by Crippen LogP contribution is 2.20. The van der Waals surface area contributed by atoms with E-state index in [0.29, 0.717) is 18.5 Å². The Kier molecular flexibility index (Phi) is 4.12. The minimum Gasteiger partial charge on any atom is -0.299 e. The van der Waals surface area contributed by atoms with E-state index in [4.69, 9.17) is 5.53 Å². The van der Waals surface area contributed by atoms with Gasteiger partial charge in [-0.25, -0.2) is 0 Å². The minimum absolute atomic E-state index is 0.119. The Balaban J connectivity index is 2.09. The van der Waals surface area contributed by atoms with Crippen molar-refractivity contribution in [2.24, 2.45) is 5.11 Å². The van der Waals surface area contributed by atoms with E-state index in [1.807, 2.05) is 29.0 Å². The van der Waals surface area contributed by atoms with E-state index in [1.165, 1.54) is 0 Å². The molecule has 90 valence electrons. The van der Waals surface area contributed by atoms with E-state index in [9.17, 15) is 4.79 Å². The first kappa shape index (κ1) is 12.4. The van der Waals surface area contributed by atoms with Crippen LogP contribution in [0.5, 0.6) is 0 Å². The third-order valence-corrected chi connectivity index (χ3v) is 3.25. The summed E-state index contributed by atoms with van der Waals surface area (Å²) in [5, 5.41) is 7.51. The molecule has 0 fully saturated rings. The lowest BCUT2D eigenvalue weighted by Crippen LogP contribution is -2.05. The zero-order valence-corrected chi connectivity index (χ0v) is 10.4. The molecule has 0 unspecified atom stereocenters. The van der Waals surface area contributed by atoms with Gasteiger partial charge in [0.25, 0.3) is 0 Å². The number of azide groups is 1. The average molecular weight is 257 g/mol. The second-order valence-electron chi connectivity index (χ2n) is 3.84. The van der Waals surface area contributed by atoms with Crippen LogP contribution in [-0.2, 0) is 17.6 Å². The number of hydrogen-bond donors (Lipinski definition) is 0. The van der Waals surface area contributed by atoms with Crippen molar-refractivity contribution in [3.05, 3.63) is 62.7 Å². The van der Waals surface area contributed by atoms with Crippen molar-refractivity contribution >= 4 is 22.8 Å². The molecule has 18 heavy (non-hydrogen) atoms. The topological polar surface area (TPSA) is 65.8 Å². The third-order valence-electron chi connectivity index (χ3n) is 2.51. The number of carbonyl (C=O) groups excluding carboxylic acids is 1.